The van der Waals surface area contributed by atoms with E-state index in [0.717, 1.165) is 0 Å². The second kappa shape index (κ2) is 9.72. The Morgan fingerprint density at radius 3 is 2.29 bits per heavy atom. The first-order valence-electron chi connectivity index (χ1n) is 2.07. The Morgan fingerprint density at radius 2 is 2.14 bits per heavy atom. The van der Waals surface area contributed by atoms with Crippen LogP contribution >= 0.6 is 0 Å². The fraction of sp³-hybridized carbons (Fsp3) is 1.00. The van der Waals surface area contributed by atoms with Crippen LogP contribution in [0.25, 0.3) is 0 Å². The van der Waals surface area contributed by atoms with Gasteiger partial charge in [-0.1, -0.05) is 0 Å². The van der Waals surface area contributed by atoms with Gasteiger partial charge in [-0.05, 0) is 6.92 Å². The largest absolute Gasteiger partial charge is 1.00 e. The average molecular weight is 96.1 g/mol. The van der Waals surface area contributed by atoms with E-state index in [-0.39, 0.29) is 25.5 Å². The van der Waals surface area contributed by atoms with Crippen LogP contribution < -0.4 is 24.0 Å². The summed E-state index contributed by atoms with van der Waals surface area (Å²) in [7, 11) is 0. The molecule has 0 aromatic carbocycles. The summed E-state index contributed by atoms with van der Waals surface area (Å²) in [5.41, 5.74) is 0. The van der Waals surface area contributed by atoms with Gasteiger partial charge < -0.3 is 9.84 Å². The van der Waals surface area contributed by atoms with Gasteiger partial charge in [0.25, 0.3) is 0 Å². The molecule has 0 atom stereocenters. The van der Waals surface area contributed by atoms with E-state index in [9.17, 15) is 5.11 Å². The third-order valence-corrected chi connectivity index (χ3v) is 0.432. The second-order valence-corrected chi connectivity index (χ2v) is 0.901. The van der Waals surface area contributed by atoms with E-state index in [1.54, 1.807) is 0 Å². The van der Waals surface area contributed by atoms with Crippen molar-refractivity contribution in [2.24, 2.45) is 0 Å². The number of hydrogen-bond acceptors (Lipinski definition) is 2. The molecule has 0 aromatic rings. The summed E-state index contributed by atoms with van der Waals surface area (Å²) < 4.78 is 4.67. The molecular formula is C4H9LiO2. The van der Waals surface area contributed by atoms with Gasteiger partial charge in [0, 0.05) is 13.2 Å². The van der Waals surface area contributed by atoms with Gasteiger partial charge in [-0.3, -0.25) is 0 Å². The van der Waals surface area contributed by atoms with Crippen molar-refractivity contribution >= 4 is 0 Å². The van der Waals surface area contributed by atoms with Gasteiger partial charge in [0.1, 0.15) is 0 Å². The molecule has 0 radical (unpaired) electrons. The molecule has 38 valence electrons. The maximum Gasteiger partial charge on any atom is 1.00 e. The van der Waals surface area contributed by atoms with Crippen LogP contribution in [0.3, 0.4) is 0 Å². The zero-order valence-electron chi connectivity index (χ0n) is 4.94. The van der Waals surface area contributed by atoms with Crippen molar-refractivity contribution in [1.29, 1.82) is 0 Å². The molecule has 0 N–H and O–H groups in total. The predicted molar refractivity (Wildman–Crippen MR) is 21.4 cm³/mol. The molecule has 0 saturated carbocycles. The molecule has 2 nitrogen and oxygen atoms in total. The summed E-state index contributed by atoms with van der Waals surface area (Å²) in [6.45, 7) is 2.77. The van der Waals surface area contributed by atoms with Crippen molar-refractivity contribution in [3.63, 3.8) is 0 Å². The molecule has 0 heterocycles. The van der Waals surface area contributed by atoms with Crippen molar-refractivity contribution in [3.8, 4) is 0 Å². The molecule has 0 bridgehead atoms. The van der Waals surface area contributed by atoms with Crippen molar-refractivity contribution in [3.05, 3.63) is 0 Å². The molecule has 0 spiro atoms. The fourth-order valence-electron chi connectivity index (χ4n) is 0.203. The SMILES string of the molecule is CCOCC[O-].[Li+]. The third kappa shape index (κ3) is 10.7. The van der Waals surface area contributed by atoms with Gasteiger partial charge in [-0.15, -0.1) is 6.61 Å². The summed E-state index contributed by atoms with van der Waals surface area (Å²) >= 11 is 0. The summed E-state index contributed by atoms with van der Waals surface area (Å²) in [4.78, 5) is 0. The Hall–Kier alpha value is 0.517. The molecule has 3 heteroatoms. The smallest absolute Gasteiger partial charge is 0.853 e. The minimum atomic E-state index is -0.117. The normalized spacial score (nSPS) is 7.71. The van der Waals surface area contributed by atoms with E-state index < -0.39 is 0 Å². The van der Waals surface area contributed by atoms with Crippen LogP contribution in [0.5, 0.6) is 0 Å². The number of rotatable bonds is 3. The van der Waals surface area contributed by atoms with Crippen LogP contribution in [0.15, 0.2) is 0 Å². The van der Waals surface area contributed by atoms with Gasteiger partial charge >= 0.3 is 18.9 Å². The average Bonchev–Trinajstić information content (AvgIpc) is 1.61. The molecule has 0 fully saturated rings. The van der Waals surface area contributed by atoms with E-state index in [1.165, 1.54) is 0 Å². The third-order valence-electron chi connectivity index (χ3n) is 0.432. The molecule has 0 aliphatic carbocycles. The zero-order valence-corrected chi connectivity index (χ0v) is 4.94. The van der Waals surface area contributed by atoms with Crippen LogP contribution in [0.4, 0.5) is 0 Å². The fourth-order valence-corrected chi connectivity index (χ4v) is 0.203. The zero-order chi connectivity index (χ0) is 4.83. The predicted octanol–water partition coefficient (Wildman–Crippen LogP) is -3.61. The van der Waals surface area contributed by atoms with Gasteiger partial charge in [0.15, 0.2) is 0 Å². The molecule has 7 heavy (non-hydrogen) atoms. The Balaban J connectivity index is 0. The number of ether oxygens (including phenoxy) is 1. The molecule has 0 aliphatic heterocycles. The maximum absolute atomic E-state index is 9.56. The first-order valence-corrected chi connectivity index (χ1v) is 2.07. The van der Waals surface area contributed by atoms with Crippen LogP contribution in [0.1, 0.15) is 6.92 Å². The van der Waals surface area contributed by atoms with E-state index in [0.29, 0.717) is 13.2 Å². The molecular weight excluding hydrogens is 87.0 g/mol. The van der Waals surface area contributed by atoms with Gasteiger partial charge in [-0.2, -0.15) is 0 Å². The standard InChI is InChI=1S/C4H9O2.Li/c1-2-6-4-3-5;/h2-4H2,1H3;/q-1;+1. The van der Waals surface area contributed by atoms with Crippen LogP contribution in [-0.2, 0) is 4.74 Å². The first kappa shape index (κ1) is 10.5. The quantitative estimate of drug-likeness (QED) is 0.268. The van der Waals surface area contributed by atoms with E-state index >= 15 is 0 Å². The number of hydrogen-bond donors (Lipinski definition) is 0. The second-order valence-electron chi connectivity index (χ2n) is 0.901. The Bertz CT molecular complexity index is 21.7. The topological polar surface area (TPSA) is 32.3 Å². The molecule has 0 aromatic heterocycles. The summed E-state index contributed by atoms with van der Waals surface area (Å²) in [6.07, 6.45) is 0. The van der Waals surface area contributed by atoms with Gasteiger partial charge in [-0.25, -0.2) is 0 Å². The van der Waals surface area contributed by atoms with Crippen molar-refractivity contribution < 1.29 is 28.7 Å². The monoisotopic (exact) mass is 96.1 g/mol. The van der Waals surface area contributed by atoms with Crippen LogP contribution in [0, 0.1) is 0 Å². The minimum absolute atomic E-state index is 0. The van der Waals surface area contributed by atoms with Crippen molar-refractivity contribution in [2.45, 2.75) is 6.92 Å². The maximum atomic E-state index is 9.56. The molecule has 0 aliphatic rings. The van der Waals surface area contributed by atoms with E-state index in [4.69, 9.17) is 0 Å². The van der Waals surface area contributed by atoms with Crippen LogP contribution in [0.2, 0.25) is 0 Å². The van der Waals surface area contributed by atoms with Gasteiger partial charge in [0.05, 0.1) is 0 Å². The van der Waals surface area contributed by atoms with Crippen LogP contribution in [-0.4, -0.2) is 19.8 Å². The molecule has 0 saturated heterocycles. The molecule has 0 amide bonds. The molecule has 0 rings (SSSR count). The Labute approximate surface area is 56.0 Å². The summed E-state index contributed by atoms with van der Waals surface area (Å²) in [6, 6.07) is 0. The molecule has 0 unspecified atom stereocenters. The Kier molecular flexibility index (Phi) is 14.6. The summed E-state index contributed by atoms with van der Waals surface area (Å²) in [5, 5.41) is 9.56. The Morgan fingerprint density at radius 1 is 1.57 bits per heavy atom. The van der Waals surface area contributed by atoms with Gasteiger partial charge in [0.2, 0.25) is 0 Å². The van der Waals surface area contributed by atoms with Crippen molar-refractivity contribution in [1.82, 2.24) is 0 Å². The van der Waals surface area contributed by atoms with Crippen molar-refractivity contribution in [2.75, 3.05) is 19.8 Å². The van der Waals surface area contributed by atoms with E-state index in [1.807, 2.05) is 6.92 Å². The minimum Gasteiger partial charge on any atom is -0.853 e. The van der Waals surface area contributed by atoms with E-state index in [2.05, 4.69) is 4.74 Å². The first-order chi connectivity index (χ1) is 2.91. The summed E-state index contributed by atoms with van der Waals surface area (Å²) in [5.74, 6) is 0.